The quantitative estimate of drug-likeness (QED) is 0.816. The highest BCUT2D eigenvalue weighted by atomic mass is 32.2. The Hall–Kier alpha value is -1.91. The molecule has 0 saturated heterocycles. The van der Waals surface area contributed by atoms with Crippen molar-refractivity contribution in [2.45, 2.75) is 44.0 Å². The Morgan fingerprint density at radius 2 is 1.83 bits per heavy atom. The van der Waals surface area contributed by atoms with Crippen molar-refractivity contribution < 1.29 is 13.2 Å². The van der Waals surface area contributed by atoms with Gasteiger partial charge in [0, 0.05) is 18.7 Å². The van der Waals surface area contributed by atoms with E-state index in [2.05, 4.69) is 11.4 Å². The molecule has 7 heteroatoms. The lowest BCUT2D eigenvalue weighted by atomic mass is 9.97. The predicted molar refractivity (Wildman–Crippen MR) is 90.8 cm³/mol. The largest absolute Gasteiger partial charge is 0.334 e. The Balaban J connectivity index is 2.17. The maximum Gasteiger partial charge on any atom is 0.252 e. The summed E-state index contributed by atoms with van der Waals surface area (Å²) in [7, 11) is -3.54. The lowest BCUT2D eigenvalue weighted by Gasteiger charge is -2.23. The van der Waals surface area contributed by atoms with Crippen LogP contribution in [0.1, 0.15) is 44.0 Å². The summed E-state index contributed by atoms with van der Waals surface area (Å²) in [5.41, 5.74) is -0.529. The third-order valence-electron chi connectivity index (χ3n) is 4.46. The van der Waals surface area contributed by atoms with Crippen LogP contribution in [0, 0.1) is 17.2 Å². The van der Waals surface area contributed by atoms with Crippen molar-refractivity contribution >= 4 is 15.9 Å². The highest BCUT2D eigenvalue weighted by Crippen LogP contribution is 2.39. The summed E-state index contributed by atoms with van der Waals surface area (Å²) in [5, 5.41) is 12.1. The van der Waals surface area contributed by atoms with E-state index in [1.165, 1.54) is 28.6 Å². The van der Waals surface area contributed by atoms with Crippen LogP contribution in [-0.2, 0) is 10.0 Å². The molecule has 1 aromatic rings. The van der Waals surface area contributed by atoms with Crippen LogP contribution in [0.2, 0.25) is 0 Å². The molecule has 0 heterocycles. The summed E-state index contributed by atoms with van der Waals surface area (Å²) in [6.07, 6.45) is 1.87. The molecule has 1 aromatic carbocycles. The number of nitrogens with one attached hydrogen (secondary N) is 1. The maximum atomic E-state index is 12.4. The van der Waals surface area contributed by atoms with Crippen molar-refractivity contribution in [3.8, 4) is 6.07 Å². The van der Waals surface area contributed by atoms with E-state index in [9.17, 15) is 18.5 Å². The lowest BCUT2D eigenvalue weighted by Crippen LogP contribution is -2.46. The number of sulfonamides is 1. The van der Waals surface area contributed by atoms with Gasteiger partial charge in [-0.15, -0.1) is 0 Å². The Labute approximate surface area is 143 Å². The molecule has 1 saturated carbocycles. The fourth-order valence-corrected chi connectivity index (χ4v) is 4.14. The number of nitriles is 1. The first-order chi connectivity index (χ1) is 11.3. The number of amides is 1. The fraction of sp³-hybridized carbons (Fsp3) is 0.529. The van der Waals surface area contributed by atoms with Crippen LogP contribution in [0.25, 0.3) is 0 Å². The summed E-state index contributed by atoms with van der Waals surface area (Å²) in [4.78, 5) is 12.5. The third-order valence-corrected chi connectivity index (χ3v) is 6.52. The zero-order chi connectivity index (χ0) is 18.0. The molecule has 1 atom stereocenters. The molecule has 0 aromatic heterocycles. The zero-order valence-corrected chi connectivity index (χ0v) is 15.1. The summed E-state index contributed by atoms with van der Waals surface area (Å²) in [6.45, 7) is 6.07. The Bertz CT molecular complexity index is 744. The van der Waals surface area contributed by atoms with Gasteiger partial charge in [0.15, 0.2) is 0 Å². The molecule has 1 N–H and O–H groups in total. The molecule has 1 aliphatic rings. The number of rotatable bonds is 7. The molecule has 1 amide bonds. The number of carbonyl (C=O) groups is 1. The van der Waals surface area contributed by atoms with Crippen LogP contribution in [0.3, 0.4) is 0 Å². The van der Waals surface area contributed by atoms with Crippen molar-refractivity contribution in [2.24, 2.45) is 5.92 Å². The first-order valence-corrected chi connectivity index (χ1v) is 9.56. The van der Waals surface area contributed by atoms with Crippen LogP contribution in [-0.4, -0.2) is 37.3 Å². The summed E-state index contributed by atoms with van der Waals surface area (Å²) in [5.74, 6) is -0.175. The molecule has 1 aliphatic carbocycles. The second kappa shape index (κ2) is 6.91. The van der Waals surface area contributed by atoms with Crippen molar-refractivity contribution in [1.82, 2.24) is 9.62 Å². The first kappa shape index (κ1) is 18.4. The Kier molecular flexibility index (Phi) is 5.31. The average molecular weight is 349 g/mol. The second-order valence-corrected chi connectivity index (χ2v) is 8.09. The zero-order valence-electron chi connectivity index (χ0n) is 14.2. The number of carbonyl (C=O) groups excluding carboxylic acids is 1. The van der Waals surface area contributed by atoms with Crippen LogP contribution in [0.5, 0.6) is 0 Å². The van der Waals surface area contributed by atoms with Gasteiger partial charge < -0.3 is 5.32 Å². The van der Waals surface area contributed by atoms with E-state index in [-0.39, 0.29) is 16.7 Å². The van der Waals surface area contributed by atoms with Gasteiger partial charge in [0.05, 0.1) is 11.0 Å². The number of hydrogen-bond acceptors (Lipinski definition) is 4. The van der Waals surface area contributed by atoms with Gasteiger partial charge in [0.2, 0.25) is 10.0 Å². The molecule has 2 rings (SSSR count). The van der Waals surface area contributed by atoms with Crippen LogP contribution in [0.4, 0.5) is 0 Å². The maximum absolute atomic E-state index is 12.4. The molecule has 0 bridgehead atoms. The standard InChI is InChI=1S/C17H23N3O3S/c1-4-20(5-2)24(22,23)15-10-6-13(7-11-15)16(21)19-17(3,12-18)14-8-9-14/h6-7,10-11,14H,4-5,8-9H2,1-3H3,(H,19,21). The number of nitrogens with zero attached hydrogens (tertiary/aromatic N) is 2. The Morgan fingerprint density at radius 3 is 2.25 bits per heavy atom. The van der Waals surface area contributed by atoms with Gasteiger partial charge >= 0.3 is 0 Å². The monoisotopic (exact) mass is 349 g/mol. The predicted octanol–water partition coefficient (Wildman–Crippen LogP) is 2.14. The van der Waals surface area contributed by atoms with E-state index in [1.807, 2.05) is 0 Å². The second-order valence-electron chi connectivity index (χ2n) is 6.16. The fourth-order valence-electron chi connectivity index (χ4n) is 2.68. The van der Waals surface area contributed by atoms with E-state index >= 15 is 0 Å². The van der Waals surface area contributed by atoms with Crippen LogP contribution < -0.4 is 5.32 Å². The van der Waals surface area contributed by atoms with Gasteiger partial charge in [0.25, 0.3) is 5.91 Å². The molecule has 130 valence electrons. The van der Waals surface area contributed by atoms with Gasteiger partial charge in [-0.1, -0.05) is 13.8 Å². The van der Waals surface area contributed by atoms with E-state index < -0.39 is 15.6 Å². The van der Waals surface area contributed by atoms with Crippen LogP contribution in [0.15, 0.2) is 29.2 Å². The third kappa shape index (κ3) is 3.60. The average Bonchev–Trinajstić information content (AvgIpc) is 3.41. The summed E-state index contributed by atoms with van der Waals surface area (Å²) < 4.78 is 26.2. The molecule has 0 radical (unpaired) electrons. The molecular formula is C17H23N3O3S. The molecule has 1 unspecified atom stereocenters. The van der Waals surface area contributed by atoms with E-state index in [1.54, 1.807) is 20.8 Å². The number of hydrogen-bond donors (Lipinski definition) is 1. The lowest BCUT2D eigenvalue weighted by molar-refractivity contribution is 0.0917. The van der Waals surface area contributed by atoms with E-state index in [0.717, 1.165) is 12.8 Å². The smallest absolute Gasteiger partial charge is 0.252 e. The van der Waals surface area contributed by atoms with E-state index in [0.29, 0.717) is 18.7 Å². The molecular weight excluding hydrogens is 326 g/mol. The molecule has 1 fully saturated rings. The van der Waals surface area contributed by atoms with Crippen LogP contribution >= 0.6 is 0 Å². The number of benzene rings is 1. The first-order valence-electron chi connectivity index (χ1n) is 8.12. The van der Waals surface area contributed by atoms with Crippen molar-refractivity contribution in [3.63, 3.8) is 0 Å². The molecule has 0 aliphatic heterocycles. The summed E-state index contributed by atoms with van der Waals surface area (Å²) >= 11 is 0. The van der Waals surface area contributed by atoms with Gasteiger partial charge in [-0.2, -0.15) is 9.57 Å². The minimum absolute atomic E-state index is 0.160. The minimum atomic E-state index is -3.54. The summed E-state index contributed by atoms with van der Waals surface area (Å²) in [6, 6.07) is 8.01. The minimum Gasteiger partial charge on any atom is -0.334 e. The van der Waals surface area contributed by atoms with Crippen molar-refractivity contribution in [1.29, 1.82) is 5.26 Å². The van der Waals surface area contributed by atoms with E-state index in [4.69, 9.17) is 0 Å². The van der Waals surface area contributed by atoms with Gasteiger partial charge in [-0.05, 0) is 49.9 Å². The highest BCUT2D eigenvalue weighted by molar-refractivity contribution is 7.89. The highest BCUT2D eigenvalue weighted by Gasteiger charge is 2.43. The SMILES string of the molecule is CCN(CC)S(=O)(=O)c1ccc(C(=O)NC(C)(C#N)C2CC2)cc1. The molecule has 0 spiro atoms. The topological polar surface area (TPSA) is 90.3 Å². The molecule has 6 nitrogen and oxygen atoms in total. The Morgan fingerprint density at radius 1 is 1.29 bits per heavy atom. The van der Waals surface area contributed by atoms with Crippen molar-refractivity contribution in [3.05, 3.63) is 29.8 Å². The van der Waals surface area contributed by atoms with Gasteiger partial charge in [0.1, 0.15) is 5.54 Å². The van der Waals surface area contributed by atoms with Gasteiger partial charge in [-0.3, -0.25) is 4.79 Å². The van der Waals surface area contributed by atoms with Gasteiger partial charge in [-0.25, -0.2) is 8.42 Å². The normalized spacial score (nSPS) is 17.1. The van der Waals surface area contributed by atoms with Crippen molar-refractivity contribution in [2.75, 3.05) is 13.1 Å². The molecule has 24 heavy (non-hydrogen) atoms.